The molecule has 19 heavy (non-hydrogen) atoms. The van der Waals surface area contributed by atoms with Gasteiger partial charge in [0.1, 0.15) is 17.4 Å². The van der Waals surface area contributed by atoms with Crippen LogP contribution in [0, 0.1) is 5.82 Å². The van der Waals surface area contributed by atoms with Crippen LogP contribution >= 0.6 is 0 Å². The summed E-state index contributed by atoms with van der Waals surface area (Å²) in [7, 11) is 1.93. The van der Waals surface area contributed by atoms with Gasteiger partial charge in [-0.3, -0.25) is 0 Å². The fourth-order valence-electron chi connectivity index (χ4n) is 2.27. The minimum Gasteiger partial charge on any atom is -0.508 e. The zero-order valence-corrected chi connectivity index (χ0v) is 10.5. The first-order valence-corrected chi connectivity index (χ1v) is 6.02. The van der Waals surface area contributed by atoms with Gasteiger partial charge in [-0.15, -0.1) is 0 Å². The summed E-state index contributed by atoms with van der Waals surface area (Å²) in [5, 5.41) is 9.41. The number of imidazole rings is 1. The SMILES string of the molecule is Cn1c(Cc2cc(O)cc(F)c2)nc2ccccc21. The van der Waals surface area contributed by atoms with E-state index in [1.54, 1.807) is 6.07 Å². The van der Waals surface area contributed by atoms with Crippen molar-refractivity contribution in [3.63, 3.8) is 0 Å². The lowest BCUT2D eigenvalue weighted by Gasteiger charge is -2.04. The van der Waals surface area contributed by atoms with E-state index in [-0.39, 0.29) is 5.75 Å². The fourth-order valence-corrected chi connectivity index (χ4v) is 2.27. The maximum atomic E-state index is 13.2. The molecule has 1 N–H and O–H groups in total. The lowest BCUT2D eigenvalue weighted by atomic mass is 10.1. The van der Waals surface area contributed by atoms with Crippen LogP contribution in [-0.4, -0.2) is 14.7 Å². The van der Waals surface area contributed by atoms with Crippen molar-refractivity contribution in [2.75, 3.05) is 0 Å². The summed E-state index contributed by atoms with van der Waals surface area (Å²) in [5.74, 6) is 0.341. The van der Waals surface area contributed by atoms with Gasteiger partial charge in [0, 0.05) is 19.5 Å². The van der Waals surface area contributed by atoms with Crippen LogP contribution in [0.2, 0.25) is 0 Å². The average molecular weight is 256 g/mol. The largest absolute Gasteiger partial charge is 0.508 e. The molecule has 2 aromatic carbocycles. The summed E-state index contributed by atoms with van der Waals surface area (Å²) >= 11 is 0. The highest BCUT2D eigenvalue weighted by atomic mass is 19.1. The molecule has 3 aromatic rings. The van der Waals surface area contributed by atoms with Crippen molar-refractivity contribution < 1.29 is 9.50 Å². The van der Waals surface area contributed by atoms with Crippen molar-refractivity contribution in [1.82, 2.24) is 9.55 Å². The van der Waals surface area contributed by atoms with Gasteiger partial charge in [0.25, 0.3) is 0 Å². The Hall–Kier alpha value is -2.36. The molecular formula is C15H13FN2O. The number of para-hydroxylation sites is 2. The Morgan fingerprint density at radius 3 is 2.74 bits per heavy atom. The van der Waals surface area contributed by atoms with E-state index >= 15 is 0 Å². The molecule has 3 nitrogen and oxygen atoms in total. The number of rotatable bonds is 2. The lowest BCUT2D eigenvalue weighted by molar-refractivity contribution is 0.468. The second-order valence-corrected chi connectivity index (χ2v) is 4.57. The number of phenolic OH excluding ortho intramolecular Hbond substituents is 1. The van der Waals surface area contributed by atoms with Gasteiger partial charge < -0.3 is 9.67 Å². The van der Waals surface area contributed by atoms with Crippen LogP contribution in [0.4, 0.5) is 4.39 Å². The summed E-state index contributed by atoms with van der Waals surface area (Å²) in [6.07, 6.45) is 0.483. The molecule has 0 saturated carbocycles. The summed E-state index contributed by atoms with van der Waals surface area (Å²) in [4.78, 5) is 4.53. The van der Waals surface area contributed by atoms with Crippen molar-refractivity contribution in [1.29, 1.82) is 0 Å². The number of hydrogen-bond donors (Lipinski definition) is 1. The number of nitrogens with zero attached hydrogens (tertiary/aromatic N) is 2. The molecule has 0 fully saturated rings. The Morgan fingerprint density at radius 2 is 2.00 bits per heavy atom. The van der Waals surface area contributed by atoms with Crippen LogP contribution in [0.5, 0.6) is 5.75 Å². The molecular weight excluding hydrogens is 243 g/mol. The molecule has 0 atom stereocenters. The molecule has 96 valence electrons. The summed E-state index contributed by atoms with van der Waals surface area (Å²) < 4.78 is 15.2. The normalized spacial score (nSPS) is 11.1. The van der Waals surface area contributed by atoms with Crippen LogP contribution in [0.25, 0.3) is 11.0 Å². The third-order valence-electron chi connectivity index (χ3n) is 3.18. The maximum absolute atomic E-state index is 13.2. The van der Waals surface area contributed by atoms with E-state index in [0.29, 0.717) is 12.0 Å². The standard InChI is InChI=1S/C15H13FN2O/c1-18-14-5-3-2-4-13(14)17-15(18)8-10-6-11(16)9-12(19)7-10/h2-7,9,19H,8H2,1H3. The molecule has 0 bridgehead atoms. The van der Waals surface area contributed by atoms with Gasteiger partial charge in [-0.25, -0.2) is 9.37 Å². The van der Waals surface area contributed by atoms with Crippen LogP contribution in [0.3, 0.4) is 0 Å². The molecule has 4 heteroatoms. The molecule has 0 unspecified atom stereocenters. The van der Waals surface area contributed by atoms with Gasteiger partial charge in [-0.1, -0.05) is 12.1 Å². The molecule has 0 radical (unpaired) electrons. The summed E-state index contributed by atoms with van der Waals surface area (Å²) in [5.41, 5.74) is 2.66. The number of halogens is 1. The number of aryl methyl sites for hydroxylation is 1. The van der Waals surface area contributed by atoms with Gasteiger partial charge in [0.15, 0.2) is 0 Å². The predicted octanol–water partition coefficient (Wildman–Crippen LogP) is 3.01. The molecule has 0 aliphatic heterocycles. The van der Waals surface area contributed by atoms with Crippen molar-refractivity contribution >= 4 is 11.0 Å². The Labute approximate surface area is 109 Å². The molecule has 0 aliphatic carbocycles. The van der Waals surface area contributed by atoms with E-state index in [0.717, 1.165) is 22.9 Å². The Kier molecular flexibility index (Phi) is 2.71. The molecule has 0 spiro atoms. The number of aromatic nitrogens is 2. The third-order valence-corrected chi connectivity index (χ3v) is 3.18. The molecule has 0 amide bonds. The minimum absolute atomic E-state index is 0.0613. The van der Waals surface area contributed by atoms with Gasteiger partial charge in [0.2, 0.25) is 0 Å². The maximum Gasteiger partial charge on any atom is 0.127 e. The molecule has 0 aliphatic rings. The lowest BCUT2D eigenvalue weighted by Crippen LogP contribution is -1.99. The first kappa shape index (κ1) is 11.7. The van der Waals surface area contributed by atoms with E-state index in [2.05, 4.69) is 4.98 Å². The predicted molar refractivity (Wildman–Crippen MR) is 71.6 cm³/mol. The quantitative estimate of drug-likeness (QED) is 0.765. The number of hydrogen-bond acceptors (Lipinski definition) is 2. The van der Waals surface area contributed by atoms with Gasteiger partial charge >= 0.3 is 0 Å². The highest BCUT2D eigenvalue weighted by molar-refractivity contribution is 5.75. The molecule has 1 heterocycles. The van der Waals surface area contributed by atoms with Crippen molar-refractivity contribution in [3.8, 4) is 5.75 Å². The smallest absolute Gasteiger partial charge is 0.127 e. The molecule has 0 saturated heterocycles. The second-order valence-electron chi connectivity index (χ2n) is 4.57. The highest BCUT2D eigenvalue weighted by Gasteiger charge is 2.09. The van der Waals surface area contributed by atoms with Gasteiger partial charge in [-0.2, -0.15) is 0 Å². The summed E-state index contributed by atoms with van der Waals surface area (Å²) in [6.45, 7) is 0. The van der Waals surface area contributed by atoms with Crippen LogP contribution < -0.4 is 0 Å². The van der Waals surface area contributed by atoms with Gasteiger partial charge in [-0.05, 0) is 29.8 Å². The van der Waals surface area contributed by atoms with Crippen molar-refractivity contribution in [2.45, 2.75) is 6.42 Å². The number of aromatic hydroxyl groups is 1. The third kappa shape index (κ3) is 2.17. The summed E-state index contributed by atoms with van der Waals surface area (Å²) in [6, 6.07) is 11.9. The minimum atomic E-state index is -0.436. The Morgan fingerprint density at radius 1 is 1.21 bits per heavy atom. The molecule has 1 aromatic heterocycles. The van der Waals surface area contributed by atoms with Crippen molar-refractivity contribution in [2.24, 2.45) is 7.05 Å². The van der Waals surface area contributed by atoms with E-state index in [4.69, 9.17) is 0 Å². The topological polar surface area (TPSA) is 38.0 Å². The number of benzene rings is 2. The Balaban J connectivity index is 2.03. The van der Waals surface area contributed by atoms with E-state index in [1.165, 1.54) is 6.07 Å². The number of phenols is 1. The Bertz CT molecular complexity index is 729. The van der Waals surface area contributed by atoms with Gasteiger partial charge in [0.05, 0.1) is 11.0 Å². The first-order valence-electron chi connectivity index (χ1n) is 6.02. The second kappa shape index (κ2) is 4.39. The molecule has 3 rings (SSSR count). The van der Waals surface area contributed by atoms with E-state index in [9.17, 15) is 9.50 Å². The zero-order valence-electron chi connectivity index (χ0n) is 10.5. The highest BCUT2D eigenvalue weighted by Crippen LogP contribution is 2.20. The van der Waals surface area contributed by atoms with E-state index < -0.39 is 5.82 Å². The van der Waals surface area contributed by atoms with Crippen molar-refractivity contribution in [3.05, 3.63) is 59.7 Å². The number of fused-ring (bicyclic) bond motifs is 1. The van der Waals surface area contributed by atoms with Crippen LogP contribution in [-0.2, 0) is 13.5 Å². The fraction of sp³-hybridized carbons (Fsp3) is 0.133. The van der Waals surface area contributed by atoms with Crippen LogP contribution in [0.15, 0.2) is 42.5 Å². The first-order chi connectivity index (χ1) is 9.13. The van der Waals surface area contributed by atoms with Crippen LogP contribution in [0.1, 0.15) is 11.4 Å². The average Bonchev–Trinajstić information content (AvgIpc) is 2.66. The van der Waals surface area contributed by atoms with E-state index in [1.807, 2.05) is 35.9 Å². The monoisotopic (exact) mass is 256 g/mol. The zero-order chi connectivity index (χ0) is 13.4.